The molecule has 0 atom stereocenters. The first kappa shape index (κ1) is 15.9. The van der Waals surface area contributed by atoms with Crippen molar-refractivity contribution in [2.75, 3.05) is 13.2 Å². The van der Waals surface area contributed by atoms with Crippen molar-refractivity contribution in [1.82, 2.24) is 0 Å². The van der Waals surface area contributed by atoms with Gasteiger partial charge in [-0.2, -0.15) is 0 Å². The fraction of sp³-hybridized carbons (Fsp3) is 0.500. The van der Waals surface area contributed by atoms with Gasteiger partial charge in [0.15, 0.2) is 0 Å². The number of rotatable bonds is 1. The lowest BCUT2D eigenvalue weighted by atomic mass is 10.8. The van der Waals surface area contributed by atoms with Gasteiger partial charge in [-0.3, -0.25) is 0 Å². The number of carbonyl (C=O) groups excluding carboxylic acids is 2. The van der Waals surface area contributed by atoms with E-state index >= 15 is 0 Å². The van der Waals surface area contributed by atoms with E-state index in [9.17, 15) is 0 Å². The second-order valence-corrected chi connectivity index (χ2v) is 0.915. The highest BCUT2D eigenvalue weighted by molar-refractivity contribution is 5.69. The lowest BCUT2D eigenvalue weighted by Crippen LogP contribution is -2.18. The van der Waals surface area contributed by atoms with Gasteiger partial charge >= 0.3 is 6.03 Å². The maximum atomic E-state index is 9.00. The monoisotopic (exact) mass is 151 g/mol. The number of hydrogen-bond donors (Lipinski definition) is 4. The first-order valence-corrected chi connectivity index (χ1v) is 2.29. The molecule has 62 valence electrons. The Morgan fingerprint density at radius 3 is 1.50 bits per heavy atom. The van der Waals surface area contributed by atoms with Crippen LogP contribution in [-0.4, -0.2) is 31.1 Å². The SMILES string of the molecule is C=O.NC(N)=O.NCCO. The predicted molar refractivity (Wildman–Crippen MR) is 37.0 cm³/mol. The summed E-state index contributed by atoms with van der Waals surface area (Å²) in [4.78, 5) is 17.0. The standard InChI is InChI=1S/C2H7NO.CH4N2O.CH2O/c3-1-2-4;2-1(3)4;1-2/h4H,1-3H2;(H4,2,3,4);1H2. The Labute approximate surface area is 59.0 Å². The van der Waals surface area contributed by atoms with Gasteiger partial charge in [-0.15, -0.1) is 0 Å². The Bertz CT molecular complexity index is 62.8. The summed E-state index contributed by atoms with van der Waals surface area (Å²) in [5.41, 5.74) is 13.3. The molecule has 6 nitrogen and oxygen atoms in total. The van der Waals surface area contributed by atoms with Gasteiger partial charge in [0.1, 0.15) is 6.79 Å². The minimum absolute atomic E-state index is 0.0972. The van der Waals surface area contributed by atoms with Crippen LogP contribution in [0.3, 0.4) is 0 Å². The van der Waals surface area contributed by atoms with Crippen molar-refractivity contribution in [1.29, 1.82) is 0 Å². The highest BCUT2D eigenvalue weighted by Crippen LogP contribution is 1.33. The summed E-state index contributed by atoms with van der Waals surface area (Å²) in [5.74, 6) is 0. The number of primary amides is 2. The third-order valence-electron chi connectivity index (χ3n) is 0.129. The van der Waals surface area contributed by atoms with E-state index in [1.54, 1.807) is 0 Å². The fourth-order valence-electron chi connectivity index (χ4n) is 0. The molecule has 0 radical (unpaired) electrons. The van der Waals surface area contributed by atoms with Crippen LogP contribution in [0.25, 0.3) is 0 Å². The molecule has 0 unspecified atom stereocenters. The van der Waals surface area contributed by atoms with E-state index in [1.165, 1.54) is 0 Å². The summed E-state index contributed by atoms with van der Waals surface area (Å²) < 4.78 is 0. The lowest BCUT2D eigenvalue weighted by Gasteiger charge is -1.71. The highest BCUT2D eigenvalue weighted by atomic mass is 16.3. The molecule has 0 aromatic carbocycles. The van der Waals surface area contributed by atoms with E-state index in [4.69, 9.17) is 20.4 Å². The zero-order valence-corrected chi connectivity index (χ0v) is 5.62. The Morgan fingerprint density at radius 2 is 1.50 bits per heavy atom. The topological polar surface area (TPSA) is 132 Å². The summed E-state index contributed by atoms with van der Waals surface area (Å²) in [7, 11) is 0. The molecule has 0 bridgehead atoms. The van der Waals surface area contributed by atoms with Gasteiger partial charge in [0.2, 0.25) is 0 Å². The van der Waals surface area contributed by atoms with E-state index in [1.807, 2.05) is 6.79 Å². The molecule has 0 saturated carbocycles. The molecule has 2 amide bonds. The largest absolute Gasteiger partial charge is 0.395 e. The zero-order valence-electron chi connectivity index (χ0n) is 5.62. The summed E-state index contributed by atoms with van der Waals surface area (Å²) in [6, 6.07) is -0.833. The van der Waals surface area contributed by atoms with Gasteiger partial charge in [0.05, 0.1) is 6.61 Å². The van der Waals surface area contributed by atoms with Gasteiger partial charge in [-0.1, -0.05) is 0 Å². The van der Waals surface area contributed by atoms with Gasteiger partial charge < -0.3 is 27.1 Å². The maximum Gasteiger partial charge on any atom is 0.309 e. The molecule has 0 rings (SSSR count). The van der Waals surface area contributed by atoms with E-state index in [2.05, 4.69) is 11.5 Å². The molecule has 0 spiro atoms. The number of aliphatic hydroxyl groups is 1. The number of amides is 2. The lowest BCUT2D eigenvalue weighted by molar-refractivity contribution is -0.0979. The Morgan fingerprint density at radius 1 is 1.40 bits per heavy atom. The molecule has 0 aliphatic heterocycles. The van der Waals surface area contributed by atoms with Gasteiger partial charge in [-0.25, -0.2) is 4.79 Å². The Kier molecular flexibility index (Phi) is 39.6. The molecule has 10 heavy (non-hydrogen) atoms. The zero-order chi connectivity index (χ0) is 8.99. The van der Waals surface area contributed by atoms with Crippen LogP contribution >= 0.6 is 0 Å². The molecule has 0 saturated heterocycles. The van der Waals surface area contributed by atoms with Crippen molar-refractivity contribution >= 4 is 12.8 Å². The number of urea groups is 1. The van der Waals surface area contributed by atoms with E-state index in [0.717, 1.165) is 0 Å². The molecule has 6 heteroatoms. The smallest absolute Gasteiger partial charge is 0.309 e. The highest BCUT2D eigenvalue weighted by Gasteiger charge is 1.60. The summed E-state index contributed by atoms with van der Waals surface area (Å²) in [5, 5.41) is 7.75. The molecule has 0 fully saturated rings. The minimum atomic E-state index is -0.833. The van der Waals surface area contributed by atoms with Crippen molar-refractivity contribution < 1.29 is 14.7 Å². The summed E-state index contributed by atoms with van der Waals surface area (Å²) >= 11 is 0. The number of hydrogen-bond acceptors (Lipinski definition) is 4. The minimum Gasteiger partial charge on any atom is -0.395 e. The average Bonchev–Trinajstić information content (AvgIpc) is 1.91. The van der Waals surface area contributed by atoms with E-state index in [-0.39, 0.29) is 6.61 Å². The maximum absolute atomic E-state index is 9.00. The van der Waals surface area contributed by atoms with Crippen LogP contribution in [0.2, 0.25) is 0 Å². The van der Waals surface area contributed by atoms with Crippen LogP contribution in [0.4, 0.5) is 4.79 Å². The van der Waals surface area contributed by atoms with E-state index in [0.29, 0.717) is 6.54 Å². The average molecular weight is 151 g/mol. The molecule has 0 aromatic rings. The summed E-state index contributed by atoms with van der Waals surface area (Å²) in [6.07, 6.45) is 0. The van der Waals surface area contributed by atoms with Gasteiger partial charge in [0.25, 0.3) is 0 Å². The van der Waals surface area contributed by atoms with Crippen LogP contribution in [0, 0.1) is 0 Å². The quantitative estimate of drug-likeness (QED) is 0.337. The normalized spacial score (nSPS) is 5.80. The van der Waals surface area contributed by atoms with Crippen molar-refractivity contribution in [3.63, 3.8) is 0 Å². The van der Waals surface area contributed by atoms with Crippen LogP contribution in [-0.2, 0) is 4.79 Å². The number of carbonyl (C=O) groups is 2. The second kappa shape index (κ2) is 24.8. The third kappa shape index (κ3) is 12000. The van der Waals surface area contributed by atoms with E-state index < -0.39 is 6.03 Å². The second-order valence-electron chi connectivity index (χ2n) is 0.915. The number of aliphatic hydroxyl groups excluding tert-OH is 1. The van der Waals surface area contributed by atoms with Crippen molar-refractivity contribution in [2.45, 2.75) is 0 Å². The van der Waals surface area contributed by atoms with Crippen LogP contribution in [0.15, 0.2) is 0 Å². The Balaban J connectivity index is -0.0000000787. The van der Waals surface area contributed by atoms with Crippen LogP contribution < -0.4 is 17.2 Å². The van der Waals surface area contributed by atoms with Crippen LogP contribution in [0.5, 0.6) is 0 Å². The molecular formula is C4H13N3O3. The first-order chi connectivity index (χ1) is 4.65. The Hall–Kier alpha value is -1.14. The fourth-order valence-corrected chi connectivity index (χ4v) is 0. The summed E-state index contributed by atoms with van der Waals surface area (Å²) in [6.45, 7) is 2.47. The van der Waals surface area contributed by atoms with Crippen molar-refractivity contribution in [3.05, 3.63) is 0 Å². The van der Waals surface area contributed by atoms with Gasteiger partial charge in [-0.05, 0) is 0 Å². The van der Waals surface area contributed by atoms with Crippen LogP contribution in [0.1, 0.15) is 0 Å². The molecule has 0 aliphatic rings. The third-order valence-corrected chi connectivity index (χ3v) is 0.129. The molecular weight excluding hydrogens is 138 g/mol. The molecule has 0 aromatic heterocycles. The van der Waals surface area contributed by atoms with Gasteiger partial charge in [0, 0.05) is 6.54 Å². The molecule has 0 heterocycles. The first-order valence-electron chi connectivity index (χ1n) is 2.29. The number of nitrogens with two attached hydrogens (primary N) is 3. The predicted octanol–water partition coefficient (Wildman–Crippen LogP) is -2.22. The molecule has 0 aliphatic carbocycles. The van der Waals surface area contributed by atoms with Crippen molar-refractivity contribution in [2.24, 2.45) is 17.2 Å². The molecule has 7 N–H and O–H groups in total. The van der Waals surface area contributed by atoms with Crippen molar-refractivity contribution in [3.8, 4) is 0 Å².